The molecule has 1 amide bonds. The third-order valence-corrected chi connectivity index (χ3v) is 3.65. The number of halogens is 1. The molecule has 0 aliphatic heterocycles. The van der Waals surface area contributed by atoms with E-state index in [-0.39, 0.29) is 5.91 Å². The summed E-state index contributed by atoms with van der Waals surface area (Å²) in [4.78, 5) is 12.3. The van der Waals surface area contributed by atoms with Gasteiger partial charge in [-0.2, -0.15) is 0 Å². The highest BCUT2D eigenvalue weighted by Crippen LogP contribution is 2.29. The molecule has 0 spiro atoms. The molecule has 0 aliphatic rings. The van der Waals surface area contributed by atoms with Crippen molar-refractivity contribution >= 4 is 28.9 Å². The molecule has 0 saturated heterocycles. The maximum Gasteiger partial charge on any atom is 0.255 e. The molecule has 0 aliphatic carbocycles. The Balaban J connectivity index is 2.29. The van der Waals surface area contributed by atoms with E-state index in [1.54, 1.807) is 25.3 Å². The van der Waals surface area contributed by atoms with Gasteiger partial charge in [0.15, 0.2) is 0 Å². The lowest BCUT2D eigenvalue weighted by molar-refractivity contribution is 0.102. The molecule has 3 N–H and O–H groups in total. The van der Waals surface area contributed by atoms with Crippen molar-refractivity contribution in [3.8, 4) is 5.75 Å². The lowest BCUT2D eigenvalue weighted by Crippen LogP contribution is -2.13. The van der Waals surface area contributed by atoms with Gasteiger partial charge >= 0.3 is 0 Å². The van der Waals surface area contributed by atoms with Crippen LogP contribution < -0.4 is 15.8 Å². The SMILES string of the molecule is COc1c(C)ccc(NC(=O)c2ccc(N)c(Cl)c2)c1C. The van der Waals surface area contributed by atoms with Crippen molar-refractivity contribution in [2.75, 3.05) is 18.2 Å². The van der Waals surface area contributed by atoms with Crippen molar-refractivity contribution in [3.05, 3.63) is 52.0 Å². The molecule has 0 bridgehead atoms. The molecule has 2 rings (SSSR count). The predicted molar refractivity (Wildman–Crippen MR) is 86.3 cm³/mol. The smallest absolute Gasteiger partial charge is 0.255 e. The zero-order valence-corrected chi connectivity index (χ0v) is 12.9. The van der Waals surface area contributed by atoms with E-state index in [1.165, 1.54) is 0 Å². The Kier molecular flexibility index (Phi) is 4.38. The zero-order chi connectivity index (χ0) is 15.6. The van der Waals surface area contributed by atoms with Crippen LogP contribution >= 0.6 is 11.6 Å². The summed E-state index contributed by atoms with van der Waals surface area (Å²) in [5.74, 6) is 0.522. The van der Waals surface area contributed by atoms with Crippen LogP contribution in [0.25, 0.3) is 0 Å². The summed E-state index contributed by atoms with van der Waals surface area (Å²) in [6.07, 6.45) is 0. The second-order valence-electron chi connectivity index (χ2n) is 4.78. The van der Waals surface area contributed by atoms with Crippen molar-refractivity contribution < 1.29 is 9.53 Å². The van der Waals surface area contributed by atoms with Gasteiger partial charge < -0.3 is 15.8 Å². The van der Waals surface area contributed by atoms with Crippen LogP contribution in [0.3, 0.4) is 0 Å². The molecule has 0 radical (unpaired) electrons. The highest BCUT2D eigenvalue weighted by molar-refractivity contribution is 6.33. The predicted octanol–water partition coefficient (Wildman–Crippen LogP) is 3.80. The summed E-state index contributed by atoms with van der Waals surface area (Å²) in [5.41, 5.74) is 9.14. The van der Waals surface area contributed by atoms with Crippen LogP contribution in [-0.2, 0) is 0 Å². The normalized spacial score (nSPS) is 10.3. The number of methoxy groups -OCH3 is 1. The molecule has 21 heavy (non-hydrogen) atoms. The monoisotopic (exact) mass is 304 g/mol. The van der Waals surface area contributed by atoms with Crippen LogP contribution in [0, 0.1) is 13.8 Å². The van der Waals surface area contributed by atoms with Crippen LogP contribution in [0.1, 0.15) is 21.5 Å². The van der Waals surface area contributed by atoms with Crippen molar-refractivity contribution in [2.24, 2.45) is 0 Å². The Morgan fingerprint density at radius 2 is 1.95 bits per heavy atom. The molecular weight excluding hydrogens is 288 g/mol. The van der Waals surface area contributed by atoms with Gasteiger partial charge in [0.05, 0.1) is 17.8 Å². The number of nitrogen functional groups attached to an aromatic ring is 1. The molecule has 0 fully saturated rings. The summed E-state index contributed by atoms with van der Waals surface area (Å²) in [6, 6.07) is 8.55. The summed E-state index contributed by atoms with van der Waals surface area (Å²) < 4.78 is 5.35. The number of aryl methyl sites for hydroxylation is 1. The third-order valence-electron chi connectivity index (χ3n) is 3.32. The Morgan fingerprint density at radius 3 is 2.57 bits per heavy atom. The van der Waals surface area contributed by atoms with E-state index in [1.807, 2.05) is 26.0 Å². The van der Waals surface area contributed by atoms with Crippen LogP contribution in [0.2, 0.25) is 5.02 Å². The summed E-state index contributed by atoms with van der Waals surface area (Å²) in [5, 5.41) is 3.22. The number of carbonyl (C=O) groups is 1. The number of benzene rings is 2. The van der Waals surface area contributed by atoms with Crippen molar-refractivity contribution in [3.63, 3.8) is 0 Å². The van der Waals surface area contributed by atoms with E-state index in [0.717, 1.165) is 16.9 Å². The Morgan fingerprint density at radius 1 is 1.24 bits per heavy atom. The second kappa shape index (κ2) is 6.06. The lowest BCUT2D eigenvalue weighted by atomic mass is 10.1. The van der Waals surface area contributed by atoms with Gasteiger partial charge in [0.2, 0.25) is 0 Å². The first-order valence-corrected chi connectivity index (χ1v) is 6.82. The molecule has 5 heteroatoms. The topological polar surface area (TPSA) is 64.3 Å². The van der Waals surface area contributed by atoms with Gasteiger partial charge in [0, 0.05) is 16.8 Å². The van der Waals surface area contributed by atoms with Crippen molar-refractivity contribution in [2.45, 2.75) is 13.8 Å². The number of hydrogen-bond acceptors (Lipinski definition) is 3. The number of anilines is 2. The largest absolute Gasteiger partial charge is 0.496 e. The van der Waals surface area contributed by atoms with E-state index in [4.69, 9.17) is 22.1 Å². The van der Waals surface area contributed by atoms with Gasteiger partial charge in [-0.25, -0.2) is 0 Å². The maximum absolute atomic E-state index is 12.3. The Hall–Kier alpha value is -2.20. The summed E-state index contributed by atoms with van der Waals surface area (Å²) >= 11 is 5.94. The van der Waals surface area contributed by atoms with Crippen molar-refractivity contribution in [1.82, 2.24) is 0 Å². The lowest BCUT2D eigenvalue weighted by Gasteiger charge is -2.14. The molecule has 0 unspecified atom stereocenters. The average Bonchev–Trinajstić information content (AvgIpc) is 2.45. The second-order valence-corrected chi connectivity index (χ2v) is 5.19. The third kappa shape index (κ3) is 3.11. The molecule has 0 aromatic heterocycles. The molecule has 2 aromatic rings. The Bertz CT molecular complexity index is 699. The van der Waals surface area contributed by atoms with E-state index < -0.39 is 0 Å². The molecule has 0 heterocycles. The fourth-order valence-electron chi connectivity index (χ4n) is 2.14. The first-order valence-electron chi connectivity index (χ1n) is 6.44. The minimum absolute atomic E-state index is 0.245. The van der Waals surface area contributed by atoms with Crippen LogP contribution in [0.5, 0.6) is 5.75 Å². The number of carbonyl (C=O) groups excluding carboxylic acids is 1. The first kappa shape index (κ1) is 15.2. The fraction of sp³-hybridized carbons (Fsp3) is 0.188. The van der Waals surface area contributed by atoms with Crippen LogP contribution in [-0.4, -0.2) is 13.0 Å². The molecule has 4 nitrogen and oxygen atoms in total. The minimum atomic E-state index is -0.245. The standard InChI is InChI=1S/C16H17ClN2O2/c1-9-4-7-14(10(2)15(9)21-3)19-16(20)11-5-6-13(18)12(17)8-11/h4-8H,18H2,1-3H3,(H,19,20). The Labute approximate surface area is 128 Å². The molecule has 2 aromatic carbocycles. The van der Waals surface area contributed by atoms with Gasteiger partial charge in [-0.3, -0.25) is 4.79 Å². The molecule has 110 valence electrons. The van der Waals surface area contributed by atoms with Crippen LogP contribution in [0.15, 0.2) is 30.3 Å². The molecular formula is C16H17ClN2O2. The van der Waals surface area contributed by atoms with E-state index in [0.29, 0.717) is 22.0 Å². The highest BCUT2D eigenvalue weighted by atomic mass is 35.5. The number of ether oxygens (including phenoxy) is 1. The van der Waals surface area contributed by atoms with Gasteiger partial charge in [-0.15, -0.1) is 0 Å². The molecule has 0 saturated carbocycles. The molecule has 0 atom stereocenters. The number of rotatable bonds is 3. The zero-order valence-electron chi connectivity index (χ0n) is 12.2. The van der Waals surface area contributed by atoms with E-state index >= 15 is 0 Å². The van der Waals surface area contributed by atoms with Gasteiger partial charge in [-0.05, 0) is 43.7 Å². The maximum atomic E-state index is 12.3. The number of nitrogens with two attached hydrogens (primary N) is 1. The van der Waals surface area contributed by atoms with Gasteiger partial charge in [-0.1, -0.05) is 17.7 Å². The summed E-state index contributed by atoms with van der Waals surface area (Å²) in [7, 11) is 1.61. The van der Waals surface area contributed by atoms with Crippen molar-refractivity contribution in [1.29, 1.82) is 0 Å². The number of nitrogens with one attached hydrogen (secondary N) is 1. The highest BCUT2D eigenvalue weighted by Gasteiger charge is 2.12. The van der Waals surface area contributed by atoms with Gasteiger partial charge in [0.25, 0.3) is 5.91 Å². The summed E-state index contributed by atoms with van der Waals surface area (Å²) in [6.45, 7) is 3.86. The fourth-order valence-corrected chi connectivity index (χ4v) is 2.32. The number of hydrogen-bond donors (Lipinski definition) is 2. The quantitative estimate of drug-likeness (QED) is 0.848. The minimum Gasteiger partial charge on any atom is -0.496 e. The van der Waals surface area contributed by atoms with E-state index in [9.17, 15) is 4.79 Å². The number of amides is 1. The van der Waals surface area contributed by atoms with E-state index in [2.05, 4.69) is 5.32 Å². The average molecular weight is 305 g/mol. The van der Waals surface area contributed by atoms with Gasteiger partial charge in [0.1, 0.15) is 5.75 Å². The first-order chi connectivity index (χ1) is 9.93. The van der Waals surface area contributed by atoms with Crippen LogP contribution in [0.4, 0.5) is 11.4 Å².